The molecule has 2 rings (SSSR count). The SMILES string of the molecule is CC[C@H](C(=O)NC(C)C)N(Cc1ccccc1)C(=O)Cc1ccc(Cl)cc1. The minimum atomic E-state index is -0.507. The van der Waals surface area contributed by atoms with Gasteiger partial charge in [-0.3, -0.25) is 9.59 Å². The van der Waals surface area contributed by atoms with Gasteiger partial charge < -0.3 is 10.2 Å². The van der Waals surface area contributed by atoms with E-state index >= 15 is 0 Å². The number of carbonyl (C=O) groups excluding carboxylic acids is 2. The van der Waals surface area contributed by atoms with Crippen LogP contribution in [0.4, 0.5) is 0 Å². The topological polar surface area (TPSA) is 49.4 Å². The summed E-state index contributed by atoms with van der Waals surface area (Å²) in [6.45, 7) is 6.17. The van der Waals surface area contributed by atoms with E-state index in [1.165, 1.54) is 0 Å². The Morgan fingerprint density at radius 2 is 1.63 bits per heavy atom. The predicted octanol–water partition coefficient (Wildman–Crippen LogP) is 4.21. The van der Waals surface area contributed by atoms with Crippen LogP contribution in [0.2, 0.25) is 5.02 Å². The van der Waals surface area contributed by atoms with E-state index in [0.717, 1.165) is 11.1 Å². The summed E-state index contributed by atoms with van der Waals surface area (Å²) >= 11 is 5.93. The molecule has 0 aliphatic carbocycles. The van der Waals surface area contributed by atoms with Crippen LogP contribution in [-0.4, -0.2) is 28.8 Å². The van der Waals surface area contributed by atoms with Gasteiger partial charge in [0.15, 0.2) is 0 Å². The van der Waals surface area contributed by atoms with Gasteiger partial charge in [0.05, 0.1) is 6.42 Å². The number of rotatable bonds is 8. The van der Waals surface area contributed by atoms with Crippen molar-refractivity contribution >= 4 is 23.4 Å². The number of nitrogens with zero attached hydrogens (tertiary/aromatic N) is 1. The molecular weight excluding hydrogens is 360 g/mol. The molecule has 4 nitrogen and oxygen atoms in total. The standard InChI is InChI=1S/C22H27ClN2O2/c1-4-20(22(27)24-16(2)3)25(15-18-8-6-5-7-9-18)21(26)14-17-10-12-19(23)13-11-17/h5-13,16,20H,4,14-15H2,1-3H3,(H,24,27)/t20-/m1/s1. The molecule has 0 aliphatic rings. The monoisotopic (exact) mass is 386 g/mol. The molecule has 1 N–H and O–H groups in total. The van der Waals surface area contributed by atoms with E-state index in [2.05, 4.69) is 5.32 Å². The maximum atomic E-state index is 13.1. The first kappa shape index (κ1) is 21.0. The molecule has 27 heavy (non-hydrogen) atoms. The quantitative estimate of drug-likeness (QED) is 0.738. The zero-order valence-corrected chi connectivity index (χ0v) is 16.9. The van der Waals surface area contributed by atoms with Crippen LogP contribution in [0.25, 0.3) is 0 Å². The van der Waals surface area contributed by atoms with Gasteiger partial charge in [0, 0.05) is 17.6 Å². The molecule has 0 radical (unpaired) electrons. The van der Waals surface area contributed by atoms with Crippen molar-refractivity contribution in [2.75, 3.05) is 0 Å². The lowest BCUT2D eigenvalue weighted by Gasteiger charge is -2.31. The first-order valence-electron chi connectivity index (χ1n) is 9.29. The van der Waals surface area contributed by atoms with Crippen LogP contribution < -0.4 is 5.32 Å². The highest BCUT2D eigenvalue weighted by Gasteiger charge is 2.28. The zero-order chi connectivity index (χ0) is 19.8. The lowest BCUT2D eigenvalue weighted by molar-refractivity contribution is -0.141. The molecular formula is C22H27ClN2O2. The van der Waals surface area contributed by atoms with Gasteiger partial charge in [0.25, 0.3) is 0 Å². The number of carbonyl (C=O) groups is 2. The maximum Gasteiger partial charge on any atom is 0.243 e. The van der Waals surface area contributed by atoms with Gasteiger partial charge in [-0.15, -0.1) is 0 Å². The molecule has 0 heterocycles. The Balaban J connectivity index is 2.25. The molecule has 0 saturated heterocycles. The van der Waals surface area contributed by atoms with Gasteiger partial charge in [0.1, 0.15) is 6.04 Å². The summed E-state index contributed by atoms with van der Waals surface area (Å²) < 4.78 is 0. The van der Waals surface area contributed by atoms with Crippen molar-refractivity contribution in [2.24, 2.45) is 0 Å². The molecule has 0 fully saturated rings. The smallest absolute Gasteiger partial charge is 0.243 e. The van der Waals surface area contributed by atoms with Crippen molar-refractivity contribution in [2.45, 2.75) is 52.2 Å². The largest absolute Gasteiger partial charge is 0.352 e. The lowest BCUT2D eigenvalue weighted by Crippen LogP contribution is -2.50. The van der Waals surface area contributed by atoms with Crippen LogP contribution in [-0.2, 0) is 22.6 Å². The molecule has 2 aromatic rings. The fourth-order valence-electron chi connectivity index (χ4n) is 2.96. The summed E-state index contributed by atoms with van der Waals surface area (Å²) in [7, 11) is 0. The average molecular weight is 387 g/mol. The highest BCUT2D eigenvalue weighted by molar-refractivity contribution is 6.30. The molecule has 2 aromatic carbocycles. The van der Waals surface area contributed by atoms with Crippen LogP contribution in [0.1, 0.15) is 38.3 Å². The van der Waals surface area contributed by atoms with E-state index in [0.29, 0.717) is 18.0 Å². The van der Waals surface area contributed by atoms with Crippen molar-refractivity contribution < 1.29 is 9.59 Å². The Bertz CT molecular complexity index is 745. The third-order valence-corrected chi connectivity index (χ3v) is 4.53. The molecule has 0 unspecified atom stereocenters. The maximum absolute atomic E-state index is 13.1. The molecule has 0 aliphatic heterocycles. The van der Waals surface area contributed by atoms with E-state index in [4.69, 9.17) is 11.6 Å². The number of hydrogen-bond acceptors (Lipinski definition) is 2. The fourth-order valence-corrected chi connectivity index (χ4v) is 3.08. The van der Waals surface area contributed by atoms with Gasteiger partial charge >= 0.3 is 0 Å². The van der Waals surface area contributed by atoms with E-state index < -0.39 is 6.04 Å². The van der Waals surface area contributed by atoms with Gasteiger partial charge in [-0.05, 0) is 43.5 Å². The summed E-state index contributed by atoms with van der Waals surface area (Å²) in [5.41, 5.74) is 1.87. The summed E-state index contributed by atoms with van der Waals surface area (Å²) in [4.78, 5) is 27.5. The predicted molar refractivity (Wildman–Crippen MR) is 110 cm³/mol. The van der Waals surface area contributed by atoms with Crippen LogP contribution in [0.5, 0.6) is 0 Å². The second-order valence-corrected chi connectivity index (χ2v) is 7.33. The highest BCUT2D eigenvalue weighted by atomic mass is 35.5. The second kappa shape index (κ2) is 10.1. The molecule has 0 bridgehead atoms. The molecule has 1 atom stereocenters. The normalized spacial score (nSPS) is 11.9. The number of amides is 2. The Hall–Kier alpha value is -2.33. The average Bonchev–Trinajstić information content (AvgIpc) is 2.63. The highest BCUT2D eigenvalue weighted by Crippen LogP contribution is 2.16. The van der Waals surface area contributed by atoms with Crippen molar-refractivity contribution in [3.63, 3.8) is 0 Å². The number of benzene rings is 2. The first-order chi connectivity index (χ1) is 12.9. The molecule has 5 heteroatoms. The van der Waals surface area contributed by atoms with Gasteiger partial charge in [0.2, 0.25) is 11.8 Å². The Kier molecular flexibility index (Phi) is 7.86. The van der Waals surface area contributed by atoms with Crippen molar-refractivity contribution in [3.8, 4) is 0 Å². The van der Waals surface area contributed by atoms with Crippen molar-refractivity contribution in [1.29, 1.82) is 0 Å². The van der Waals surface area contributed by atoms with E-state index in [9.17, 15) is 9.59 Å². The fraction of sp³-hybridized carbons (Fsp3) is 0.364. The van der Waals surface area contributed by atoms with Crippen LogP contribution >= 0.6 is 11.6 Å². The number of nitrogens with one attached hydrogen (secondary N) is 1. The van der Waals surface area contributed by atoms with Crippen LogP contribution in [0, 0.1) is 0 Å². The number of hydrogen-bond donors (Lipinski definition) is 1. The Morgan fingerprint density at radius 1 is 1.00 bits per heavy atom. The van der Waals surface area contributed by atoms with E-state index in [1.807, 2.05) is 63.2 Å². The second-order valence-electron chi connectivity index (χ2n) is 6.90. The van der Waals surface area contributed by atoms with Crippen LogP contribution in [0.15, 0.2) is 54.6 Å². The lowest BCUT2D eigenvalue weighted by atomic mass is 10.1. The molecule has 0 aromatic heterocycles. The van der Waals surface area contributed by atoms with Gasteiger partial charge in [-0.1, -0.05) is 61.0 Å². The zero-order valence-electron chi connectivity index (χ0n) is 16.1. The summed E-state index contributed by atoms with van der Waals surface area (Å²) in [5.74, 6) is -0.195. The molecule has 144 valence electrons. The number of halogens is 1. The van der Waals surface area contributed by atoms with Crippen molar-refractivity contribution in [1.82, 2.24) is 10.2 Å². The molecule has 0 spiro atoms. The Labute approximate surface area is 166 Å². The third kappa shape index (κ3) is 6.40. The van der Waals surface area contributed by atoms with E-state index in [1.54, 1.807) is 17.0 Å². The molecule has 2 amide bonds. The van der Waals surface area contributed by atoms with E-state index in [-0.39, 0.29) is 24.3 Å². The summed E-state index contributed by atoms with van der Waals surface area (Å²) in [6, 6.07) is 16.5. The summed E-state index contributed by atoms with van der Waals surface area (Å²) in [6.07, 6.45) is 0.785. The van der Waals surface area contributed by atoms with Crippen LogP contribution in [0.3, 0.4) is 0 Å². The summed E-state index contributed by atoms with van der Waals surface area (Å²) in [5, 5.41) is 3.57. The third-order valence-electron chi connectivity index (χ3n) is 4.28. The van der Waals surface area contributed by atoms with Gasteiger partial charge in [-0.25, -0.2) is 0 Å². The first-order valence-corrected chi connectivity index (χ1v) is 9.66. The van der Waals surface area contributed by atoms with Gasteiger partial charge in [-0.2, -0.15) is 0 Å². The van der Waals surface area contributed by atoms with Crippen molar-refractivity contribution in [3.05, 3.63) is 70.7 Å². The molecule has 0 saturated carbocycles. The minimum Gasteiger partial charge on any atom is -0.352 e. The minimum absolute atomic E-state index is 0.0245. The Morgan fingerprint density at radius 3 is 2.19 bits per heavy atom.